The van der Waals surface area contributed by atoms with Crippen LogP contribution in [-0.4, -0.2) is 24.7 Å². The summed E-state index contributed by atoms with van der Waals surface area (Å²) < 4.78 is 27.2. The van der Waals surface area contributed by atoms with Crippen LogP contribution in [0.3, 0.4) is 0 Å². The third kappa shape index (κ3) is 5.91. The highest BCUT2D eigenvalue weighted by Gasteiger charge is 2.39. The Hall–Kier alpha value is -0.693. The summed E-state index contributed by atoms with van der Waals surface area (Å²) in [6.45, 7) is 19.0. The van der Waals surface area contributed by atoms with Gasteiger partial charge in [-0.2, -0.15) is 0 Å². The van der Waals surface area contributed by atoms with Crippen molar-refractivity contribution in [2.24, 2.45) is 0 Å². The molecule has 0 bridgehead atoms. The van der Waals surface area contributed by atoms with Gasteiger partial charge in [0, 0.05) is 11.4 Å². The van der Waals surface area contributed by atoms with Crippen molar-refractivity contribution in [3.63, 3.8) is 0 Å². The first-order valence-electron chi connectivity index (χ1n) is 8.74. The highest BCUT2D eigenvalue weighted by atomic mass is 32.2. The molecule has 1 rings (SSSR count). The molecule has 0 amide bonds. The average Bonchev–Trinajstić information content (AvgIpc) is 2.44. The van der Waals surface area contributed by atoms with Crippen LogP contribution in [0, 0.1) is 0 Å². The van der Waals surface area contributed by atoms with E-state index in [4.69, 9.17) is 9.16 Å². The molecule has 0 spiro atoms. The summed E-state index contributed by atoms with van der Waals surface area (Å²) >= 11 is -1.13. The number of methoxy groups -OCH3 is 1. The standard InChI is InChI=1S/C19H35NO3SSi/c1-14(20-24(21)18(2,3)4)15-11-12-16(22-8)17(13-15)23-25(9,10)19(5,6)7/h11-14,20H,1-10H3. The Balaban J connectivity index is 3.10. The molecular weight excluding hydrogens is 350 g/mol. The van der Waals surface area contributed by atoms with Crippen LogP contribution < -0.4 is 13.9 Å². The van der Waals surface area contributed by atoms with Gasteiger partial charge in [0.2, 0.25) is 0 Å². The Morgan fingerprint density at radius 2 is 1.64 bits per heavy atom. The van der Waals surface area contributed by atoms with Crippen molar-refractivity contribution in [3.8, 4) is 11.5 Å². The topological polar surface area (TPSA) is 53.5 Å². The van der Waals surface area contributed by atoms with E-state index in [1.807, 2.05) is 45.9 Å². The minimum absolute atomic E-state index is 0.0484. The quantitative estimate of drug-likeness (QED) is 0.541. The number of hydrogen-bond donors (Lipinski definition) is 1. The molecule has 0 aromatic heterocycles. The smallest absolute Gasteiger partial charge is 0.250 e. The summed E-state index contributed by atoms with van der Waals surface area (Å²) in [4.78, 5) is 0. The zero-order valence-corrected chi connectivity index (χ0v) is 19.3. The minimum Gasteiger partial charge on any atom is -0.598 e. The SMILES string of the molecule is COc1ccc(C(C)N[S+]([O-])C(C)(C)C)cc1O[Si](C)(C)C(C)(C)C. The lowest BCUT2D eigenvalue weighted by Crippen LogP contribution is -2.44. The van der Waals surface area contributed by atoms with E-state index in [1.54, 1.807) is 7.11 Å². The van der Waals surface area contributed by atoms with Crippen molar-refractivity contribution in [1.29, 1.82) is 0 Å². The second-order valence-electron chi connectivity index (χ2n) is 8.99. The molecule has 4 nitrogen and oxygen atoms in total. The number of benzene rings is 1. The number of hydrogen-bond acceptors (Lipinski definition) is 4. The first kappa shape index (κ1) is 22.3. The lowest BCUT2D eigenvalue weighted by Gasteiger charge is -2.37. The summed E-state index contributed by atoms with van der Waals surface area (Å²) in [6.07, 6.45) is 0. The van der Waals surface area contributed by atoms with Gasteiger partial charge in [0.25, 0.3) is 8.32 Å². The van der Waals surface area contributed by atoms with Crippen molar-refractivity contribution in [3.05, 3.63) is 23.8 Å². The van der Waals surface area contributed by atoms with Crippen LogP contribution in [0.5, 0.6) is 11.5 Å². The van der Waals surface area contributed by atoms with Crippen LogP contribution in [0.15, 0.2) is 18.2 Å². The zero-order chi connectivity index (χ0) is 19.6. The number of nitrogens with one attached hydrogen (secondary N) is 1. The second-order valence-corrected chi connectivity index (χ2v) is 15.7. The molecule has 0 aliphatic carbocycles. The van der Waals surface area contributed by atoms with E-state index in [2.05, 4.69) is 38.6 Å². The van der Waals surface area contributed by atoms with E-state index in [-0.39, 0.29) is 15.8 Å². The molecule has 144 valence electrons. The van der Waals surface area contributed by atoms with Crippen molar-refractivity contribution in [1.82, 2.24) is 4.72 Å². The van der Waals surface area contributed by atoms with Crippen LogP contribution in [0.2, 0.25) is 18.1 Å². The van der Waals surface area contributed by atoms with Crippen molar-refractivity contribution in [2.45, 2.75) is 77.4 Å². The van der Waals surface area contributed by atoms with E-state index in [1.165, 1.54) is 0 Å². The summed E-state index contributed by atoms with van der Waals surface area (Å²) in [7, 11) is -0.317. The third-order valence-corrected chi connectivity index (χ3v) is 10.7. The molecule has 0 radical (unpaired) electrons. The summed E-state index contributed by atoms with van der Waals surface area (Å²) in [6, 6.07) is 5.88. The van der Waals surface area contributed by atoms with Gasteiger partial charge in [0.15, 0.2) is 5.75 Å². The normalized spacial score (nSPS) is 15.6. The molecule has 1 aromatic carbocycles. The van der Waals surface area contributed by atoms with Gasteiger partial charge in [-0.05, 0) is 63.5 Å². The van der Waals surface area contributed by atoms with Gasteiger partial charge in [0.05, 0.1) is 13.2 Å². The molecular formula is C19H35NO3SSi. The van der Waals surface area contributed by atoms with Gasteiger partial charge in [-0.15, -0.1) is 4.72 Å². The molecule has 2 atom stereocenters. The van der Waals surface area contributed by atoms with Gasteiger partial charge < -0.3 is 13.7 Å². The maximum atomic E-state index is 12.4. The fraction of sp³-hybridized carbons (Fsp3) is 0.684. The first-order valence-corrected chi connectivity index (χ1v) is 12.8. The van der Waals surface area contributed by atoms with E-state index < -0.39 is 19.7 Å². The van der Waals surface area contributed by atoms with E-state index in [0.717, 1.165) is 17.1 Å². The molecule has 0 heterocycles. The summed E-state index contributed by atoms with van der Waals surface area (Å²) in [5, 5.41) is 0.103. The van der Waals surface area contributed by atoms with Crippen LogP contribution in [0.1, 0.15) is 60.1 Å². The van der Waals surface area contributed by atoms with E-state index in [9.17, 15) is 4.55 Å². The summed E-state index contributed by atoms with van der Waals surface area (Å²) in [5.74, 6) is 1.50. The number of ether oxygens (including phenoxy) is 1. The Kier molecular flexibility index (Phi) is 7.06. The van der Waals surface area contributed by atoms with Gasteiger partial charge >= 0.3 is 0 Å². The predicted molar refractivity (Wildman–Crippen MR) is 110 cm³/mol. The first-order chi connectivity index (χ1) is 11.2. The number of rotatable bonds is 6. The van der Waals surface area contributed by atoms with Gasteiger partial charge in [-0.1, -0.05) is 26.8 Å². The van der Waals surface area contributed by atoms with Crippen molar-refractivity contribution in [2.75, 3.05) is 7.11 Å². The average molecular weight is 386 g/mol. The molecule has 1 N–H and O–H groups in total. The molecule has 0 aliphatic rings. The van der Waals surface area contributed by atoms with E-state index >= 15 is 0 Å². The summed E-state index contributed by atoms with van der Waals surface area (Å²) in [5.41, 5.74) is 1.03. The van der Waals surface area contributed by atoms with Gasteiger partial charge in [-0.3, -0.25) is 0 Å². The monoisotopic (exact) mass is 385 g/mol. The zero-order valence-electron chi connectivity index (χ0n) is 17.4. The Morgan fingerprint density at radius 1 is 1.08 bits per heavy atom. The lowest BCUT2D eigenvalue weighted by molar-refractivity contribution is 0.385. The van der Waals surface area contributed by atoms with Crippen LogP contribution in [0.25, 0.3) is 0 Å². The van der Waals surface area contributed by atoms with E-state index in [0.29, 0.717) is 0 Å². The molecule has 0 aliphatic heterocycles. The Bertz CT molecular complexity index is 579. The van der Waals surface area contributed by atoms with Crippen molar-refractivity contribution >= 4 is 19.7 Å². The molecule has 1 aromatic rings. The largest absolute Gasteiger partial charge is 0.598 e. The van der Waals surface area contributed by atoms with Crippen LogP contribution in [-0.2, 0) is 11.4 Å². The highest BCUT2D eigenvalue weighted by molar-refractivity contribution is 7.90. The van der Waals surface area contributed by atoms with Crippen LogP contribution in [0.4, 0.5) is 0 Å². The fourth-order valence-corrected chi connectivity index (χ4v) is 3.70. The minimum atomic E-state index is -1.97. The molecule has 6 heteroatoms. The van der Waals surface area contributed by atoms with Gasteiger partial charge in [0.1, 0.15) is 10.5 Å². The molecule has 0 saturated carbocycles. The highest BCUT2D eigenvalue weighted by Crippen LogP contribution is 2.40. The third-order valence-electron chi connectivity index (χ3n) is 4.70. The Morgan fingerprint density at radius 3 is 2.08 bits per heavy atom. The second kappa shape index (κ2) is 7.90. The maximum Gasteiger partial charge on any atom is 0.250 e. The Labute approximate surface area is 158 Å². The van der Waals surface area contributed by atoms with Crippen molar-refractivity contribution < 1.29 is 13.7 Å². The maximum absolute atomic E-state index is 12.4. The van der Waals surface area contributed by atoms with Crippen LogP contribution >= 0.6 is 0 Å². The fourth-order valence-electron chi connectivity index (χ4n) is 1.88. The molecule has 0 fully saturated rings. The molecule has 0 saturated heterocycles. The molecule has 25 heavy (non-hydrogen) atoms. The predicted octanol–water partition coefficient (Wildman–Crippen LogP) is 5.19. The lowest BCUT2D eigenvalue weighted by atomic mass is 10.1. The molecule has 2 unspecified atom stereocenters. The van der Waals surface area contributed by atoms with Gasteiger partial charge in [-0.25, -0.2) is 0 Å².